The van der Waals surface area contributed by atoms with Gasteiger partial charge in [-0.3, -0.25) is 9.69 Å². The summed E-state index contributed by atoms with van der Waals surface area (Å²) in [5.41, 5.74) is 5.55. The SMILES string of the molecule is CCOCCN1CCN(c2ncc(C(N)=O)cc2Cl)CC1. The van der Waals surface area contributed by atoms with Crippen molar-refractivity contribution < 1.29 is 9.53 Å². The third-order valence-corrected chi connectivity index (χ3v) is 3.81. The second-order valence-corrected chi connectivity index (χ2v) is 5.33. The normalized spacial score (nSPS) is 16.2. The van der Waals surface area contributed by atoms with Gasteiger partial charge < -0.3 is 15.4 Å². The highest BCUT2D eigenvalue weighted by molar-refractivity contribution is 6.33. The van der Waals surface area contributed by atoms with E-state index in [1.165, 1.54) is 6.20 Å². The van der Waals surface area contributed by atoms with Crippen LogP contribution < -0.4 is 10.6 Å². The van der Waals surface area contributed by atoms with Gasteiger partial charge in [-0.05, 0) is 13.0 Å². The third-order valence-electron chi connectivity index (χ3n) is 3.53. The molecule has 0 unspecified atom stereocenters. The summed E-state index contributed by atoms with van der Waals surface area (Å²) < 4.78 is 5.37. The number of rotatable bonds is 6. The van der Waals surface area contributed by atoms with E-state index in [1.54, 1.807) is 6.07 Å². The van der Waals surface area contributed by atoms with E-state index in [1.807, 2.05) is 6.92 Å². The molecule has 2 rings (SSSR count). The number of carbonyl (C=O) groups is 1. The molecule has 116 valence electrons. The average Bonchev–Trinajstić information content (AvgIpc) is 2.48. The first-order chi connectivity index (χ1) is 10.1. The zero-order valence-electron chi connectivity index (χ0n) is 12.2. The van der Waals surface area contributed by atoms with Gasteiger partial charge in [0.1, 0.15) is 5.82 Å². The number of nitrogens with zero attached hydrogens (tertiary/aromatic N) is 3. The van der Waals surface area contributed by atoms with Crippen LogP contribution in [0.15, 0.2) is 12.3 Å². The predicted octanol–water partition coefficient (Wildman–Crippen LogP) is 0.992. The van der Waals surface area contributed by atoms with E-state index in [0.29, 0.717) is 16.4 Å². The summed E-state index contributed by atoms with van der Waals surface area (Å²) in [6.45, 7) is 8.08. The molecule has 1 saturated heterocycles. The van der Waals surface area contributed by atoms with E-state index in [9.17, 15) is 4.79 Å². The fourth-order valence-corrected chi connectivity index (χ4v) is 2.61. The highest BCUT2D eigenvalue weighted by Crippen LogP contribution is 2.24. The summed E-state index contributed by atoms with van der Waals surface area (Å²) >= 11 is 6.20. The Hall–Kier alpha value is -1.37. The Bertz CT molecular complexity index is 490. The molecule has 6 nitrogen and oxygen atoms in total. The van der Waals surface area contributed by atoms with Gasteiger partial charge in [0.2, 0.25) is 5.91 Å². The van der Waals surface area contributed by atoms with Crippen LogP contribution in [0.25, 0.3) is 0 Å². The Kier molecular flexibility index (Phi) is 5.78. The summed E-state index contributed by atoms with van der Waals surface area (Å²) in [6.07, 6.45) is 1.48. The quantitative estimate of drug-likeness (QED) is 0.793. The van der Waals surface area contributed by atoms with Gasteiger partial charge in [0.05, 0.1) is 17.2 Å². The van der Waals surface area contributed by atoms with Crippen LogP contribution in [0.5, 0.6) is 0 Å². The number of ether oxygens (including phenoxy) is 1. The van der Waals surface area contributed by atoms with E-state index >= 15 is 0 Å². The van der Waals surface area contributed by atoms with E-state index in [4.69, 9.17) is 22.1 Å². The second kappa shape index (κ2) is 7.59. The molecule has 0 bridgehead atoms. The molecule has 1 aliphatic heterocycles. The number of anilines is 1. The standard InChI is InChI=1S/C14H21ClN4O2/c1-2-21-8-7-18-3-5-19(6-4-18)14-12(15)9-11(10-17-14)13(16)20/h9-10H,2-8H2,1H3,(H2,16,20). The Morgan fingerprint density at radius 2 is 2.14 bits per heavy atom. The maximum Gasteiger partial charge on any atom is 0.250 e. The van der Waals surface area contributed by atoms with E-state index in [0.717, 1.165) is 45.9 Å². The number of carbonyl (C=O) groups excluding carboxylic acids is 1. The lowest BCUT2D eigenvalue weighted by Gasteiger charge is -2.35. The first kappa shape index (κ1) is 16.0. The van der Waals surface area contributed by atoms with Gasteiger partial charge in [-0.1, -0.05) is 11.6 Å². The topological polar surface area (TPSA) is 71.7 Å². The fourth-order valence-electron chi connectivity index (χ4n) is 2.32. The van der Waals surface area contributed by atoms with Gasteiger partial charge in [0, 0.05) is 45.5 Å². The lowest BCUT2D eigenvalue weighted by atomic mass is 10.2. The van der Waals surface area contributed by atoms with Crippen LogP contribution in [0.3, 0.4) is 0 Å². The number of primary amides is 1. The first-order valence-corrected chi connectivity index (χ1v) is 7.50. The molecule has 1 fully saturated rings. The van der Waals surface area contributed by atoms with Crippen LogP contribution in [-0.2, 0) is 4.74 Å². The number of nitrogens with two attached hydrogens (primary N) is 1. The van der Waals surface area contributed by atoms with Gasteiger partial charge in [-0.2, -0.15) is 0 Å². The molecule has 1 aliphatic rings. The van der Waals surface area contributed by atoms with Crippen molar-refractivity contribution in [3.8, 4) is 0 Å². The van der Waals surface area contributed by atoms with Gasteiger partial charge in [0.25, 0.3) is 0 Å². The van der Waals surface area contributed by atoms with E-state index in [2.05, 4.69) is 14.8 Å². The summed E-state index contributed by atoms with van der Waals surface area (Å²) in [4.78, 5) is 19.9. The summed E-state index contributed by atoms with van der Waals surface area (Å²) in [6, 6.07) is 1.58. The first-order valence-electron chi connectivity index (χ1n) is 7.12. The Labute approximate surface area is 129 Å². The molecule has 0 radical (unpaired) electrons. The highest BCUT2D eigenvalue weighted by Gasteiger charge is 2.20. The van der Waals surface area contributed by atoms with E-state index < -0.39 is 5.91 Å². The average molecular weight is 313 g/mol. The number of hydrogen-bond acceptors (Lipinski definition) is 5. The van der Waals surface area contributed by atoms with Gasteiger partial charge in [0.15, 0.2) is 0 Å². The Balaban J connectivity index is 1.91. The minimum atomic E-state index is -0.517. The molecule has 0 spiro atoms. The number of hydrogen-bond donors (Lipinski definition) is 1. The summed E-state index contributed by atoms with van der Waals surface area (Å²) in [5, 5.41) is 0.467. The van der Waals surface area contributed by atoms with Crippen LogP contribution in [0.2, 0.25) is 5.02 Å². The minimum Gasteiger partial charge on any atom is -0.380 e. The largest absolute Gasteiger partial charge is 0.380 e. The molecular formula is C14H21ClN4O2. The lowest BCUT2D eigenvalue weighted by Crippen LogP contribution is -2.47. The van der Waals surface area contributed by atoms with E-state index in [-0.39, 0.29) is 0 Å². The second-order valence-electron chi connectivity index (χ2n) is 4.92. The van der Waals surface area contributed by atoms with Crippen LogP contribution in [-0.4, -0.2) is 61.7 Å². The maximum absolute atomic E-state index is 11.1. The number of aromatic nitrogens is 1. The van der Waals surface area contributed by atoms with Crippen LogP contribution in [0.1, 0.15) is 17.3 Å². The Morgan fingerprint density at radius 3 is 2.71 bits per heavy atom. The maximum atomic E-state index is 11.1. The molecule has 7 heteroatoms. The highest BCUT2D eigenvalue weighted by atomic mass is 35.5. The summed E-state index contributed by atoms with van der Waals surface area (Å²) in [7, 11) is 0. The summed E-state index contributed by atoms with van der Waals surface area (Å²) in [5.74, 6) is 0.197. The minimum absolute atomic E-state index is 0.333. The molecule has 0 atom stereocenters. The zero-order chi connectivity index (χ0) is 15.2. The third kappa shape index (κ3) is 4.30. The Morgan fingerprint density at radius 1 is 1.43 bits per heavy atom. The number of piperazine rings is 1. The van der Waals surface area contributed by atoms with Crippen molar-refractivity contribution in [2.24, 2.45) is 5.73 Å². The lowest BCUT2D eigenvalue weighted by molar-refractivity contribution is 0.1000. The number of halogens is 1. The van der Waals surface area contributed by atoms with Gasteiger partial charge in [-0.25, -0.2) is 4.98 Å². The predicted molar refractivity (Wildman–Crippen MR) is 82.9 cm³/mol. The van der Waals surface area contributed by atoms with Crippen molar-refractivity contribution in [1.82, 2.24) is 9.88 Å². The number of amides is 1. The molecule has 1 aromatic heterocycles. The zero-order valence-corrected chi connectivity index (χ0v) is 13.0. The molecule has 1 amide bonds. The fraction of sp³-hybridized carbons (Fsp3) is 0.571. The van der Waals surface area contributed by atoms with Gasteiger partial charge >= 0.3 is 0 Å². The van der Waals surface area contributed by atoms with Crippen molar-refractivity contribution in [2.75, 3.05) is 50.8 Å². The van der Waals surface area contributed by atoms with Crippen molar-refractivity contribution >= 4 is 23.3 Å². The molecule has 2 N–H and O–H groups in total. The van der Waals surface area contributed by atoms with Crippen LogP contribution >= 0.6 is 11.6 Å². The molecule has 0 aliphatic carbocycles. The monoisotopic (exact) mass is 312 g/mol. The molecule has 2 heterocycles. The smallest absolute Gasteiger partial charge is 0.250 e. The van der Waals surface area contributed by atoms with Crippen LogP contribution in [0, 0.1) is 0 Å². The molecule has 1 aromatic rings. The molecule has 21 heavy (non-hydrogen) atoms. The van der Waals surface area contributed by atoms with Crippen molar-refractivity contribution in [1.29, 1.82) is 0 Å². The molecule has 0 aromatic carbocycles. The van der Waals surface area contributed by atoms with Gasteiger partial charge in [-0.15, -0.1) is 0 Å². The molecule has 0 saturated carbocycles. The van der Waals surface area contributed by atoms with Crippen molar-refractivity contribution in [2.45, 2.75) is 6.92 Å². The van der Waals surface area contributed by atoms with Crippen molar-refractivity contribution in [3.05, 3.63) is 22.8 Å². The number of pyridine rings is 1. The van der Waals surface area contributed by atoms with Crippen LogP contribution in [0.4, 0.5) is 5.82 Å². The van der Waals surface area contributed by atoms with Crippen molar-refractivity contribution in [3.63, 3.8) is 0 Å². The molecular weight excluding hydrogens is 292 g/mol.